The van der Waals surface area contributed by atoms with Crippen molar-refractivity contribution in [1.29, 1.82) is 0 Å². The number of rotatable bonds is 5. The molecule has 2 fully saturated rings. The van der Waals surface area contributed by atoms with Crippen LogP contribution in [-0.2, 0) is 9.47 Å². The lowest BCUT2D eigenvalue weighted by Gasteiger charge is -2.31. The molecule has 0 aromatic carbocycles. The Morgan fingerprint density at radius 1 is 1.26 bits per heavy atom. The Balaban J connectivity index is 1.59. The lowest BCUT2D eigenvalue weighted by molar-refractivity contribution is -0.0331. The van der Waals surface area contributed by atoms with Crippen LogP contribution in [0.4, 0.5) is 5.69 Å². The van der Waals surface area contributed by atoms with Crippen molar-refractivity contribution in [3.05, 3.63) is 15.8 Å². The number of carboxylic acids is 1. The molecule has 1 aliphatic carbocycles. The lowest BCUT2D eigenvalue weighted by Crippen LogP contribution is -2.32. The summed E-state index contributed by atoms with van der Waals surface area (Å²) in [7, 11) is 0. The molecule has 6 heteroatoms. The molecule has 27 heavy (non-hydrogen) atoms. The van der Waals surface area contributed by atoms with Crippen molar-refractivity contribution in [1.82, 2.24) is 0 Å². The highest BCUT2D eigenvalue weighted by Crippen LogP contribution is 2.31. The van der Waals surface area contributed by atoms with Crippen molar-refractivity contribution >= 4 is 23.0 Å². The van der Waals surface area contributed by atoms with Crippen molar-refractivity contribution in [2.75, 3.05) is 18.5 Å². The van der Waals surface area contributed by atoms with Gasteiger partial charge in [-0.2, -0.15) is 0 Å². The van der Waals surface area contributed by atoms with Crippen molar-refractivity contribution in [2.45, 2.75) is 71.1 Å². The molecule has 1 saturated carbocycles. The molecule has 0 unspecified atom stereocenters. The number of anilines is 1. The number of hydrogen-bond donors (Lipinski definition) is 2. The quantitative estimate of drug-likeness (QED) is 0.730. The first-order valence-electron chi connectivity index (χ1n) is 9.70. The van der Waals surface area contributed by atoms with Gasteiger partial charge in [0.25, 0.3) is 0 Å². The third kappa shape index (κ3) is 5.97. The average molecular weight is 392 g/mol. The minimum absolute atomic E-state index is 0.107. The van der Waals surface area contributed by atoms with Gasteiger partial charge >= 0.3 is 5.97 Å². The van der Waals surface area contributed by atoms with Crippen LogP contribution in [0.1, 0.15) is 67.4 Å². The largest absolute Gasteiger partial charge is 0.477 e. The standard InChI is InChI=1S/C21H29NO4S/c1-21(2,3)10-8-17-12-18(19(27-17)20(23)24)22-14-4-6-15(7-5-14)26-16-9-11-25-13-16/h12,14-16,22H,4-7,9,11,13H2,1-3H3,(H,23,24)/t14-,15-,16-/m0/s1. The zero-order valence-corrected chi connectivity index (χ0v) is 17.2. The first-order chi connectivity index (χ1) is 12.8. The summed E-state index contributed by atoms with van der Waals surface area (Å²) < 4.78 is 11.5. The van der Waals surface area contributed by atoms with Gasteiger partial charge in [-0.1, -0.05) is 11.8 Å². The number of thiophene rings is 1. The fourth-order valence-electron chi connectivity index (χ4n) is 3.42. The van der Waals surface area contributed by atoms with E-state index in [1.165, 1.54) is 11.3 Å². The third-order valence-corrected chi connectivity index (χ3v) is 5.83. The van der Waals surface area contributed by atoms with Crippen LogP contribution in [0.25, 0.3) is 0 Å². The summed E-state index contributed by atoms with van der Waals surface area (Å²) in [5.41, 5.74) is 0.586. The molecule has 2 N–H and O–H groups in total. The predicted molar refractivity (Wildman–Crippen MR) is 108 cm³/mol. The minimum atomic E-state index is -0.899. The Morgan fingerprint density at radius 3 is 2.59 bits per heavy atom. The number of carboxylic acid groups (broad SMARTS) is 1. The summed E-state index contributed by atoms with van der Waals surface area (Å²) in [6, 6.07) is 2.16. The fraction of sp³-hybridized carbons (Fsp3) is 0.667. The van der Waals surface area contributed by atoms with E-state index in [-0.39, 0.29) is 17.6 Å². The van der Waals surface area contributed by atoms with E-state index in [4.69, 9.17) is 9.47 Å². The molecule has 2 heterocycles. The topological polar surface area (TPSA) is 67.8 Å². The van der Waals surface area contributed by atoms with E-state index in [0.717, 1.165) is 43.6 Å². The second kappa shape index (κ2) is 8.64. The summed E-state index contributed by atoms with van der Waals surface area (Å²) in [4.78, 5) is 12.8. The summed E-state index contributed by atoms with van der Waals surface area (Å²) in [6.07, 6.45) is 5.50. The van der Waals surface area contributed by atoms with Gasteiger partial charge in [0.2, 0.25) is 0 Å². The monoisotopic (exact) mass is 391 g/mol. The molecule has 1 aliphatic heterocycles. The van der Waals surface area contributed by atoms with Crippen LogP contribution in [0.3, 0.4) is 0 Å². The van der Waals surface area contributed by atoms with Crippen LogP contribution >= 0.6 is 11.3 Å². The highest BCUT2D eigenvalue weighted by Gasteiger charge is 2.27. The van der Waals surface area contributed by atoms with Crippen LogP contribution in [0.2, 0.25) is 0 Å². The van der Waals surface area contributed by atoms with Crippen LogP contribution in [-0.4, -0.2) is 42.5 Å². The van der Waals surface area contributed by atoms with Gasteiger partial charge in [0.05, 0.1) is 29.4 Å². The highest BCUT2D eigenvalue weighted by molar-refractivity contribution is 7.15. The van der Waals surface area contributed by atoms with Gasteiger partial charge in [-0.15, -0.1) is 11.3 Å². The fourth-order valence-corrected chi connectivity index (χ4v) is 4.24. The number of aromatic carboxylic acids is 1. The molecule has 1 aromatic rings. The second-order valence-corrected chi connectivity index (χ2v) is 9.45. The number of carbonyl (C=O) groups is 1. The third-order valence-electron chi connectivity index (χ3n) is 4.79. The number of hydrogen-bond acceptors (Lipinski definition) is 5. The normalized spacial score (nSPS) is 25.7. The molecular weight excluding hydrogens is 362 g/mol. The Morgan fingerprint density at radius 2 is 2.00 bits per heavy atom. The molecule has 5 nitrogen and oxygen atoms in total. The zero-order chi connectivity index (χ0) is 19.4. The molecule has 1 saturated heterocycles. The molecule has 3 rings (SSSR count). The predicted octanol–water partition coefficient (Wildman–Crippen LogP) is 4.37. The second-order valence-electron chi connectivity index (χ2n) is 8.40. The van der Waals surface area contributed by atoms with E-state index in [1.54, 1.807) is 0 Å². The van der Waals surface area contributed by atoms with E-state index in [0.29, 0.717) is 23.3 Å². The molecule has 0 radical (unpaired) electrons. The van der Waals surface area contributed by atoms with E-state index in [9.17, 15) is 9.90 Å². The van der Waals surface area contributed by atoms with Gasteiger partial charge in [0.1, 0.15) is 4.88 Å². The molecule has 0 bridgehead atoms. The first-order valence-corrected chi connectivity index (χ1v) is 10.5. The molecule has 1 aromatic heterocycles. The zero-order valence-electron chi connectivity index (χ0n) is 16.3. The summed E-state index contributed by atoms with van der Waals surface area (Å²) >= 11 is 1.24. The van der Waals surface area contributed by atoms with Gasteiger partial charge in [0, 0.05) is 18.1 Å². The number of nitrogens with one attached hydrogen (secondary N) is 1. The van der Waals surface area contributed by atoms with Gasteiger partial charge in [-0.25, -0.2) is 4.79 Å². The van der Waals surface area contributed by atoms with Gasteiger partial charge < -0.3 is 19.9 Å². The molecule has 2 aliphatic rings. The first kappa shape index (κ1) is 20.2. The Labute approximate surface area is 165 Å². The van der Waals surface area contributed by atoms with E-state index in [1.807, 2.05) is 26.8 Å². The highest BCUT2D eigenvalue weighted by atomic mass is 32.1. The smallest absolute Gasteiger partial charge is 0.348 e. The Hall–Kier alpha value is -1.55. The Kier molecular flexibility index (Phi) is 6.46. The number of ether oxygens (including phenoxy) is 2. The summed E-state index contributed by atoms with van der Waals surface area (Å²) in [5.74, 6) is 5.39. The van der Waals surface area contributed by atoms with Crippen LogP contribution in [0.5, 0.6) is 0 Å². The molecule has 0 spiro atoms. The maximum atomic E-state index is 11.6. The average Bonchev–Trinajstić information content (AvgIpc) is 3.24. The maximum absolute atomic E-state index is 11.6. The van der Waals surface area contributed by atoms with Crippen molar-refractivity contribution in [2.24, 2.45) is 5.41 Å². The van der Waals surface area contributed by atoms with E-state index < -0.39 is 5.97 Å². The maximum Gasteiger partial charge on any atom is 0.348 e. The van der Waals surface area contributed by atoms with Gasteiger partial charge in [-0.3, -0.25) is 0 Å². The summed E-state index contributed by atoms with van der Waals surface area (Å²) in [6.45, 7) is 7.65. The molecular formula is C21H29NO4S. The SMILES string of the molecule is CC(C)(C)C#Cc1cc(N[C@H]2CC[C@H](O[C@H]3CCOC3)CC2)c(C(=O)O)s1. The van der Waals surface area contributed by atoms with Crippen LogP contribution in [0, 0.1) is 17.3 Å². The lowest BCUT2D eigenvalue weighted by atomic mass is 9.92. The van der Waals surface area contributed by atoms with Crippen LogP contribution < -0.4 is 5.32 Å². The van der Waals surface area contributed by atoms with E-state index >= 15 is 0 Å². The molecule has 0 amide bonds. The van der Waals surface area contributed by atoms with Gasteiger partial charge in [-0.05, 0) is 58.9 Å². The van der Waals surface area contributed by atoms with Crippen molar-refractivity contribution in [3.63, 3.8) is 0 Å². The molecule has 1 atom stereocenters. The minimum Gasteiger partial charge on any atom is -0.477 e. The van der Waals surface area contributed by atoms with Crippen LogP contribution in [0.15, 0.2) is 6.07 Å². The van der Waals surface area contributed by atoms with E-state index in [2.05, 4.69) is 17.2 Å². The summed E-state index contributed by atoms with van der Waals surface area (Å²) in [5, 5.41) is 13.0. The molecule has 148 valence electrons. The van der Waals surface area contributed by atoms with Gasteiger partial charge in [0.15, 0.2) is 0 Å². The van der Waals surface area contributed by atoms with Crippen molar-refractivity contribution in [3.8, 4) is 11.8 Å². The van der Waals surface area contributed by atoms with Crippen molar-refractivity contribution < 1.29 is 19.4 Å². The Bertz CT molecular complexity index is 711.